The molecule has 1 aromatic carbocycles. The van der Waals surface area contributed by atoms with Crippen molar-refractivity contribution in [1.82, 2.24) is 5.32 Å². The van der Waals surface area contributed by atoms with Gasteiger partial charge in [-0.05, 0) is 49.4 Å². The van der Waals surface area contributed by atoms with Crippen LogP contribution >= 0.6 is 23.2 Å². The van der Waals surface area contributed by atoms with E-state index >= 15 is 0 Å². The Morgan fingerprint density at radius 1 is 1.35 bits per heavy atom. The van der Waals surface area contributed by atoms with Crippen LogP contribution in [-0.2, 0) is 0 Å². The molecule has 1 aromatic rings. The molecular formula is C14H19Cl2N. The lowest BCUT2D eigenvalue weighted by molar-refractivity contribution is 0.288. The lowest BCUT2D eigenvalue weighted by Gasteiger charge is -2.28. The molecule has 0 amide bonds. The minimum absolute atomic E-state index is 0.348. The molecule has 0 spiro atoms. The van der Waals surface area contributed by atoms with Crippen molar-refractivity contribution in [1.29, 1.82) is 0 Å². The molecule has 0 heterocycles. The van der Waals surface area contributed by atoms with Crippen molar-refractivity contribution in [2.24, 2.45) is 5.92 Å². The van der Waals surface area contributed by atoms with Crippen LogP contribution in [0.5, 0.6) is 0 Å². The van der Waals surface area contributed by atoms with Crippen molar-refractivity contribution in [3.8, 4) is 0 Å². The molecule has 3 heteroatoms. The van der Waals surface area contributed by atoms with Gasteiger partial charge in [0.2, 0.25) is 0 Å². The fourth-order valence-electron chi connectivity index (χ4n) is 2.26. The molecule has 1 atom stereocenters. The van der Waals surface area contributed by atoms with Gasteiger partial charge in [-0.15, -0.1) is 0 Å². The van der Waals surface area contributed by atoms with Gasteiger partial charge in [0.1, 0.15) is 0 Å². The molecule has 2 rings (SSSR count). The highest BCUT2D eigenvalue weighted by Gasteiger charge is 2.19. The molecule has 94 valence electrons. The molecule has 0 aliphatic heterocycles. The summed E-state index contributed by atoms with van der Waals surface area (Å²) in [4.78, 5) is 0. The zero-order valence-corrected chi connectivity index (χ0v) is 11.7. The van der Waals surface area contributed by atoms with Crippen molar-refractivity contribution < 1.29 is 0 Å². The Labute approximate surface area is 114 Å². The van der Waals surface area contributed by atoms with E-state index in [1.54, 1.807) is 0 Å². The summed E-state index contributed by atoms with van der Waals surface area (Å²) in [6.07, 6.45) is 5.19. The summed E-state index contributed by atoms with van der Waals surface area (Å²) in [5.41, 5.74) is 1.16. The van der Waals surface area contributed by atoms with Gasteiger partial charge in [0.25, 0.3) is 0 Å². The van der Waals surface area contributed by atoms with E-state index in [-0.39, 0.29) is 0 Å². The number of hydrogen-bond donors (Lipinski definition) is 1. The first-order valence-corrected chi connectivity index (χ1v) is 7.14. The number of hydrogen-bond acceptors (Lipinski definition) is 1. The Kier molecular flexibility index (Phi) is 4.72. The Balaban J connectivity index is 2.00. The molecule has 1 aliphatic rings. The second-order valence-corrected chi connectivity index (χ2v) is 5.68. The van der Waals surface area contributed by atoms with E-state index in [1.165, 1.54) is 19.3 Å². The van der Waals surface area contributed by atoms with Crippen LogP contribution in [0, 0.1) is 5.92 Å². The van der Waals surface area contributed by atoms with Gasteiger partial charge in [-0.3, -0.25) is 0 Å². The number of nitrogens with one attached hydrogen (secondary N) is 1. The topological polar surface area (TPSA) is 12.0 Å². The quantitative estimate of drug-likeness (QED) is 0.809. The highest BCUT2D eigenvalue weighted by atomic mass is 35.5. The van der Waals surface area contributed by atoms with Crippen LogP contribution in [-0.4, -0.2) is 6.54 Å². The zero-order valence-electron chi connectivity index (χ0n) is 10.2. The van der Waals surface area contributed by atoms with Crippen molar-refractivity contribution >= 4 is 23.2 Å². The summed E-state index contributed by atoms with van der Waals surface area (Å²) in [5.74, 6) is 0.870. The predicted molar refractivity (Wildman–Crippen MR) is 74.8 cm³/mol. The van der Waals surface area contributed by atoms with Crippen LogP contribution in [0.4, 0.5) is 0 Å². The average molecular weight is 272 g/mol. The molecule has 17 heavy (non-hydrogen) atoms. The SMILES string of the molecule is CCC(NCC1CCC1)c1ccc(Cl)cc1Cl. The van der Waals surface area contributed by atoms with Crippen LogP contribution in [0.15, 0.2) is 18.2 Å². The maximum Gasteiger partial charge on any atom is 0.0468 e. The summed E-state index contributed by atoms with van der Waals surface area (Å²) in [5, 5.41) is 5.09. The van der Waals surface area contributed by atoms with Gasteiger partial charge in [-0.25, -0.2) is 0 Å². The molecule has 0 radical (unpaired) electrons. The Morgan fingerprint density at radius 2 is 2.12 bits per heavy atom. The van der Waals surface area contributed by atoms with Gasteiger partial charge in [0.15, 0.2) is 0 Å². The molecule has 1 N–H and O–H groups in total. The molecule has 0 aromatic heterocycles. The fraction of sp³-hybridized carbons (Fsp3) is 0.571. The second kappa shape index (κ2) is 6.08. The summed E-state index contributed by atoms with van der Waals surface area (Å²) in [6.45, 7) is 3.29. The van der Waals surface area contributed by atoms with E-state index in [4.69, 9.17) is 23.2 Å². The maximum atomic E-state index is 6.24. The molecular weight excluding hydrogens is 253 g/mol. The van der Waals surface area contributed by atoms with Crippen molar-refractivity contribution in [3.63, 3.8) is 0 Å². The first-order valence-electron chi connectivity index (χ1n) is 6.39. The van der Waals surface area contributed by atoms with Gasteiger partial charge in [0.05, 0.1) is 0 Å². The first kappa shape index (κ1) is 13.2. The first-order chi connectivity index (χ1) is 8.20. The monoisotopic (exact) mass is 271 g/mol. The van der Waals surface area contributed by atoms with E-state index in [0.29, 0.717) is 11.1 Å². The normalized spacial score (nSPS) is 17.8. The molecule has 1 fully saturated rings. The minimum atomic E-state index is 0.348. The Morgan fingerprint density at radius 3 is 2.65 bits per heavy atom. The van der Waals surface area contributed by atoms with Crippen molar-refractivity contribution in [2.45, 2.75) is 38.6 Å². The summed E-state index contributed by atoms with van der Waals surface area (Å²) in [6, 6.07) is 6.12. The average Bonchev–Trinajstić information content (AvgIpc) is 2.23. The third kappa shape index (κ3) is 3.37. The van der Waals surface area contributed by atoms with E-state index < -0.39 is 0 Å². The third-order valence-electron chi connectivity index (χ3n) is 3.62. The van der Waals surface area contributed by atoms with Gasteiger partial charge < -0.3 is 5.32 Å². The molecule has 1 nitrogen and oxygen atoms in total. The van der Waals surface area contributed by atoms with E-state index in [9.17, 15) is 0 Å². The zero-order chi connectivity index (χ0) is 12.3. The highest BCUT2D eigenvalue weighted by molar-refractivity contribution is 6.35. The predicted octanol–water partition coefficient (Wildman–Crippen LogP) is 4.83. The van der Waals surface area contributed by atoms with Crippen molar-refractivity contribution in [3.05, 3.63) is 33.8 Å². The summed E-state index contributed by atoms with van der Waals surface area (Å²) in [7, 11) is 0. The smallest absolute Gasteiger partial charge is 0.0468 e. The summed E-state index contributed by atoms with van der Waals surface area (Å²) >= 11 is 12.2. The van der Waals surface area contributed by atoms with Crippen LogP contribution in [0.2, 0.25) is 10.0 Å². The molecule has 0 bridgehead atoms. The second-order valence-electron chi connectivity index (χ2n) is 4.83. The van der Waals surface area contributed by atoms with Crippen LogP contribution in [0.25, 0.3) is 0 Å². The van der Waals surface area contributed by atoms with Gasteiger partial charge >= 0.3 is 0 Å². The standard InChI is InChI=1S/C14H19Cl2N/c1-2-14(17-9-10-4-3-5-10)12-7-6-11(15)8-13(12)16/h6-8,10,14,17H,2-5,9H2,1H3. The Hall–Kier alpha value is -0.240. The van der Waals surface area contributed by atoms with Crippen molar-refractivity contribution in [2.75, 3.05) is 6.54 Å². The van der Waals surface area contributed by atoms with Crippen LogP contribution in [0.3, 0.4) is 0 Å². The van der Waals surface area contributed by atoms with Gasteiger partial charge in [0, 0.05) is 16.1 Å². The summed E-state index contributed by atoms with van der Waals surface area (Å²) < 4.78 is 0. The number of rotatable bonds is 5. The minimum Gasteiger partial charge on any atom is -0.310 e. The highest BCUT2D eigenvalue weighted by Crippen LogP contribution is 2.30. The lowest BCUT2D eigenvalue weighted by Crippen LogP contribution is -2.30. The van der Waals surface area contributed by atoms with Crippen LogP contribution in [0.1, 0.15) is 44.2 Å². The van der Waals surface area contributed by atoms with Gasteiger partial charge in [-0.1, -0.05) is 42.6 Å². The maximum absolute atomic E-state index is 6.24. The largest absolute Gasteiger partial charge is 0.310 e. The molecule has 1 saturated carbocycles. The number of halogens is 2. The molecule has 1 aliphatic carbocycles. The Bertz CT molecular complexity index is 374. The fourth-order valence-corrected chi connectivity index (χ4v) is 2.80. The lowest BCUT2D eigenvalue weighted by atomic mass is 9.85. The number of benzene rings is 1. The van der Waals surface area contributed by atoms with E-state index in [1.807, 2.05) is 18.2 Å². The van der Waals surface area contributed by atoms with Gasteiger partial charge in [-0.2, -0.15) is 0 Å². The van der Waals surface area contributed by atoms with E-state index in [0.717, 1.165) is 29.5 Å². The third-order valence-corrected chi connectivity index (χ3v) is 4.19. The van der Waals surface area contributed by atoms with Crippen LogP contribution < -0.4 is 5.32 Å². The van der Waals surface area contributed by atoms with E-state index in [2.05, 4.69) is 12.2 Å². The molecule has 0 saturated heterocycles. The molecule has 1 unspecified atom stereocenters.